The van der Waals surface area contributed by atoms with Crippen molar-refractivity contribution in [2.75, 3.05) is 13.2 Å². The maximum absolute atomic E-state index is 11.4. The lowest BCUT2D eigenvalue weighted by molar-refractivity contribution is 0.301. The number of hydrogen-bond acceptors (Lipinski definition) is 4. The molecular weight excluding hydrogens is 206 g/mol. The van der Waals surface area contributed by atoms with Crippen molar-refractivity contribution in [3.63, 3.8) is 0 Å². The number of imidazole rings is 1. The van der Waals surface area contributed by atoms with Crippen LogP contribution in [-0.2, 0) is 16.4 Å². The zero-order valence-electron chi connectivity index (χ0n) is 7.82. The number of nitrogens with zero attached hydrogens (tertiary/aromatic N) is 1. The summed E-state index contributed by atoms with van der Waals surface area (Å²) in [7, 11) is -3.54. The van der Waals surface area contributed by atoms with E-state index in [0.717, 1.165) is 0 Å². The number of aromatic amines is 1. The maximum atomic E-state index is 11.4. The van der Waals surface area contributed by atoms with Gasteiger partial charge in [0.15, 0.2) is 5.03 Å². The second-order valence-electron chi connectivity index (χ2n) is 2.67. The van der Waals surface area contributed by atoms with Crippen molar-refractivity contribution in [1.82, 2.24) is 14.7 Å². The molecule has 1 heterocycles. The van der Waals surface area contributed by atoms with Gasteiger partial charge in [-0.3, -0.25) is 0 Å². The first-order valence-corrected chi connectivity index (χ1v) is 5.73. The number of nitrogens with one attached hydrogen (secondary N) is 2. The Labute approximate surface area is 82.4 Å². The highest BCUT2D eigenvalue weighted by Crippen LogP contribution is 2.04. The van der Waals surface area contributed by atoms with Crippen LogP contribution in [-0.4, -0.2) is 36.6 Å². The summed E-state index contributed by atoms with van der Waals surface area (Å²) in [6, 6.07) is 0. The van der Waals surface area contributed by atoms with Gasteiger partial charge in [0, 0.05) is 13.0 Å². The van der Waals surface area contributed by atoms with Gasteiger partial charge in [-0.15, -0.1) is 0 Å². The molecule has 1 aromatic rings. The highest BCUT2D eigenvalue weighted by atomic mass is 32.2. The SMILES string of the molecule is CCc1ncc(S(=O)(=O)NCCO)[nH]1. The van der Waals surface area contributed by atoms with Crippen LogP contribution in [0.3, 0.4) is 0 Å². The molecule has 1 rings (SSSR count). The minimum Gasteiger partial charge on any atom is -0.395 e. The smallest absolute Gasteiger partial charge is 0.257 e. The average molecular weight is 219 g/mol. The summed E-state index contributed by atoms with van der Waals surface area (Å²) < 4.78 is 25.1. The number of aliphatic hydroxyl groups is 1. The van der Waals surface area contributed by atoms with Crippen LogP contribution in [0, 0.1) is 0 Å². The van der Waals surface area contributed by atoms with E-state index in [1.165, 1.54) is 6.20 Å². The molecule has 0 amide bonds. The fraction of sp³-hybridized carbons (Fsp3) is 0.571. The Morgan fingerprint density at radius 3 is 2.86 bits per heavy atom. The van der Waals surface area contributed by atoms with E-state index in [9.17, 15) is 8.42 Å². The van der Waals surface area contributed by atoms with Crippen LogP contribution in [0.25, 0.3) is 0 Å². The van der Waals surface area contributed by atoms with Crippen molar-refractivity contribution in [3.05, 3.63) is 12.0 Å². The summed E-state index contributed by atoms with van der Waals surface area (Å²) in [5.74, 6) is 0.620. The third kappa shape index (κ3) is 2.53. The molecule has 1 aromatic heterocycles. The molecule has 0 saturated carbocycles. The maximum Gasteiger partial charge on any atom is 0.257 e. The normalized spacial score (nSPS) is 11.9. The minimum absolute atomic E-state index is 0.00279. The molecule has 80 valence electrons. The van der Waals surface area contributed by atoms with Gasteiger partial charge in [0.2, 0.25) is 0 Å². The van der Waals surface area contributed by atoms with Crippen molar-refractivity contribution in [1.29, 1.82) is 0 Å². The molecule has 0 fully saturated rings. The standard InChI is InChI=1S/C7H13N3O3S/c1-2-6-8-5-7(10-6)14(12,13)9-3-4-11/h5,9,11H,2-4H2,1H3,(H,8,10). The van der Waals surface area contributed by atoms with E-state index in [1.54, 1.807) is 0 Å². The Kier molecular flexibility index (Phi) is 3.62. The topological polar surface area (TPSA) is 95.1 Å². The molecule has 6 nitrogen and oxygen atoms in total. The van der Waals surface area contributed by atoms with Crippen LogP contribution in [0.4, 0.5) is 0 Å². The molecule has 0 radical (unpaired) electrons. The molecule has 7 heteroatoms. The number of aliphatic hydroxyl groups excluding tert-OH is 1. The average Bonchev–Trinajstić information content (AvgIpc) is 2.63. The van der Waals surface area contributed by atoms with Crippen molar-refractivity contribution in [2.45, 2.75) is 18.4 Å². The molecule has 0 bridgehead atoms. The molecule has 0 aliphatic heterocycles. The molecular formula is C7H13N3O3S. The first kappa shape index (κ1) is 11.2. The van der Waals surface area contributed by atoms with Crippen LogP contribution < -0.4 is 4.72 Å². The molecule has 0 atom stereocenters. The Morgan fingerprint density at radius 2 is 2.36 bits per heavy atom. The largest absolute Gasteiger partial charge is 0.395 e. The lowest BCUT2D eigenvalue weighted by Crippen LogP contribution is -2.26. The van der Waals surface area contributed by atoms with Crippen molar-refractivity contribution < 1.29 is 13.5 Å². The third-order valence-electron chi connectivity index (χ3n) is 1.63. The number of aryl methyl sites for hydroxylation is 1. The van der Waals surface area contributed by atoms with Gasteiger partial charge >= 0.3 is 0 Å². The highest BCUT2D eigenvalue weighted by molar-refractivity contribution is 7.89. The summed E-state index contributed by atoms with van der Waals surface area (Å²) in [6.07, 6.45) is 1.91. The lowest BCUT2D eigenvalue weighted by atomic mass is 10.5. The summed E-state index contributed by atoms with van der Waals surface area (Å²) >= 11 is 0. The molecule has 14 heavy (non-hydrogen) atoms. The Balaban J connectivity index is 2.81. The highest BCUT2D eigenvalue weighted by Gasteiger charge is 2.15. The van der Waals surface area contributed by atoms with Crippen LogP contribution in [0.1, 0.15) is 12.7 Å². The van der Waals surface area contributed by atoms with Crippen LogP contribution in [0.5, 0.6) is 0 Å². The molecule has 0 unspecified atom stereocenters. The van der Waals surface area contributed by atoms with Crippen LogP contribution in [0.15, 0.2) is 11.2 Å². The number of aromatic nitrogens is 2. The number of hydrogen-bond donors (Lipinski definition) is 3. The zero-order valence-corrected chi connectivity index (χ0v) is 8.63. The van der Waals surface area contributed by atoms with Gasteiger partial charge in [0.05, 0.1) is 12.8 Å². The van der Waals surface area contributed by atoms with Gasteiger partial charge in [-0.1, -0.05) is 6.92 Å². The fourth-order valence-corrected chi connectivity index (χ4v) is 1.88. The molecule has 0 spiro atoms. The Bertz CT molecular complexity index is 385. The van der Waals surface area contributed by atoms with E-state index in [2.05, 4.69) is 14.7 Å². The summed E-state index contributed by atoms with van der Waals surface area (Å²) in [6.45, 7) is 1.65. The van der Waals surface area contributed by atoms with Gasteiger partial charge in [-0.05, 0) is 0 Å². The van der Waals surface area contributed by atoms with Gasteiger partial charge in [-0.25, -0.2) is 18.1 Å². The van der Waals surface area contributed by atoms with Gasteiger partial charge in [-0.2, -0.15) is 0 Å². The van der Waals surface area contributed by atoms with E-state index in [0.29, 0.717) is 12.2 Å². The van der Waals surface area contributed by atoms with E-state index in [-0.39, 0.29) is 18.2 Å². The second kappa shape index (κ2) is 4.54. The minimum atomic E-state index is -3.54. The zero-order chi connectivity index (χ0) is 10.6. The first-order valence-electron chi connectivity index (χ1n) is 4.24. The molecule has 0 aromatic carbocycles. The predicted molar refractivity (Wildman–Crippen MR) is 50.2 cm³/mol. The van der Waals surface area contributed by atoms with E-state index in [1.807, 2.05) is 6.92 Å². The van der Waals surface area contributed by atoms with E-state index >= 15 is 0 Å². The summed E-state index contributed by atoms with van der Waals surface area (Å²) in [5, 5.41) is 8.51. The summed E-state index contributed by atoms with van der Waals surface area (Å²) in [4.78, 5) is 6.54. The van der Waals surface area contributed by atoms with Crippen molar-refractivity contribution in [3.8, 4) is 0 Å². The monoisotopic (exact) mass is 219 g/mol. The second-order valence-corrected chi connectivity index (χ2v) is 4.40. The van der Waals surface area contributed by atoms with Crippen molar-refractivity contribution in [2.24, 2.45) is 0 Å². The first-order chi connectivity index (χ1) is 6.60. The van der Waals surface area contributed by atoms with Crippen LogP contribution >= 0.6 is 0 Å². The molecule has 0 aliphatic rings. The van der Waals surface area contributed by atoms with Gasteiger partial charge < -0.3 is 10.1 Å². The fourth-order valence-electron chi connectivity index (χ4n) is 0.917. The number of rotatable bonds is 5. The van der Waals surface area contributed by atoms with E-state index < -0.39 is 10.0 Å². The van der Waals surface area contributed by atoms with E-state index in [4.69, 9.17) is 5.11 Å². The Morgan fingerprint density at radius 1 is 1.64 bits per heavy atom. The number of H-pyrrole nitrogens is 1. The Hall–Kier alpha value is -0.920. The number of sulfonamides is 1. The lowest BCUT2D eigenvalue weighted by Gasteiger charge is -2.01. The van der Waals surface area contributed by atoms with Gasteiger partial charge in [0.25, 0.3) is 10.0 Å². The quantitative estimate of drug-likeness (QED) is 0.606. The summed E-state index contributed by atoms with van der Waals surface area (Å²) in [5.41, 5.74) is 0. The van der Waals surface area contributed by atoms with Crippen LogP contribution in [0.2, 0.25) is 0 Å². The van der Waals surface area contributed by atoms with Crippen molar-refractivity contribution >= 4 is 10.0 Å². The third-order valence-corrected chi connectivity index (χ3v) is 3.00. The molecule has 0 saturated heterocycles. The van der Waals surface area contributed by atoms with Gasteiger partial charge in [0.1, 0.15) is 5.82 Å². The molecule has 3 N–H and O–H groups in total. The molecule has 0 aliphatic carbocycles. The predicted octanol–water partition coefficient (Wildman–Crippen LogP) is -0.757.